The lowest BCUT2D eigenvalue weighted by Gasteiger charge is -2.22. The molecule has 0 saturated heterocycles. The highest BCUT2D eigenvalue weighted by Crippen LogP contribution is 2.19. The third kappa shape index (κ3) is 4.33. The van der Waals surface area contributed by atoms with Gasteiger partial charge in [0, 0.05) is 6.54 Å². The van der Waals surface area contributed by atoms with Gasteiger partial charge < -0.3 is 9.15 Å². The Bertz CT molecular complexity index is 681. The zero-order valence-corrected chi connectivity index (χ0v) is 13.4. The summed E-state index contributed by atoms with van der Waals surface area (Å²) in [6.45, 7) is 3.24. The zero-order valence-electron chi connectivity index (χ0n) is 12.6. The number of rotatable bonds is 7. The Morgan fingerprint density at radius 3 is 2.50 bits per heavy atom. The van der Waals surface area contributed by atoms with Gasteiger partial charge >= 0.3 is 0 Å². The molecular formula is C15H20N2O4S. The highest BCUT2D eigenvalue weighted by atomic mass is 32.2. The average Bonchev–Trinajstić information content (AvgIpc) is 3.00. The van der Waals surface area contributed by atoms with Crippen molar-refractivity contribution in [1.29, 1.82) is 0 Å². The summed E-state index contributed by atoms with van der Waals surface area (Å²) in [6, 6.07) is 10.0. The molecule has 0 spiro atoms. The number of furan rings is 1. The topological polar surface area (TPSA) is 85.8 Å². The van der Waals surface area contributed by atoms with Crippen LogP contribution in [0, 0.1) is 0 Å². The van der Waals surface area contributed by atoms with Gasteiger partial charge in [-0.05, 0) is 50.4 Å². The molecule has 0 radical (unpaired) electrons. The number of likely N-dealkylation sites (N-methyl/N-ethyl adjacent to an activating group) is 1. The molecule has 0 bridgehead atoms. The molecule has 22 heavy (non-hydrogen) atoms. The SMILES string of the molecule is CC(c1ccco1)N(C)CCOc1ccc(S(N)(=O)=O)cc1. The molecule has 7 heteroatoms. The van der Waals surface area contributed by atoms with Crippen LogP contribution in [0.3, 0.4) is 0 Å². The number of benzene rings is 1. The maximum Gasteiger partial charge on any atom is 0.238 e. The maximum absolute atomic E-state index is 11.2. The molecule has 2 rings (SSSR count). The van der Waals surface area contributed by atoms with Crippen LogP contribution in [0.4, 0.5) is 0 Å². The number of nitrogens with two attached hydrogens (primary N) is 1. The van der Waals surface area contributed by atoms with Crippen LogP contribution in [0.5, 0.6) is 5.75 Å². The number of nitrogens with zero attached hydrogens (tertiary/aromatic N) is 1. The molecule has 0 amide bonds. The predicted octanol–water partition coefficient (Wildman–Crippen LogP) is 2.00. The van der Waals surface area contributed by atoms with Gasteiger partial charge in [0.1, 0.15) is 18.1 Å². The van der Waals surface area contributed by atoms with Crippen LogP contribution in [0.25, 0.3) is 0 Å². The minimum absolute atomic E-state index is 0.0726. The summed E-state index contributed by atoms with van der Waals surface area (Å²) < 4.78 is 33.3. The highest BCUT2D eigenvalue weighted by Gasteiger charge is 2.14. The summed E-state index contributed by atoms with van der Waals surface area (Å²) in [6.07, 6.45) is 1.66. The Morgan fingerprint density at radius 2 is 1.95 bits per heavy atom. The van der Waals surface area contributed by atoms with E-state index < -0.39 is 10.0 Å². The van der Waals surface area contributed by atoms with Crippen LogP contribution in [-0.4, -0.2) is 33.5 Å². The second-order valence-electron chi connectivity index (χ2n) is 5.04. The molecular weight excluding hydrogens is 304 g/mol. The minimum Gasteiger partial charge on any atom is -0.492 e. The number of ether oxygens (including phenoxy) is 1. The van der Waals surface area contributed by atoms with Crippen LogP contribution in [0.1, 0.15) is 18.7 Å². The Balaban J connectivity index is 1.83. The fourth-order valence-electron chi connectivity index (χ4n) is 1.97. The van der Waals surface area contributed by atoms with Crippen LogP contribution >= 0.6 is 0 Å². The normalized spacial score (nSPS) is 13.3. The van der Waals surface area contributed by atoms with Crippen molar-refractivity contribution < 1.29 is 17.6 Å². The molecule has 1 atom stereocenters. The molecule has 1 aromatic carbocycles. The first kappa shape index (κ1) is 16.5. The van der Waals surface area contributed by atoms with Crippen LogP contribution < -0.4 is 9.88 Å². The molecule has 6 nitrogen and oxygen atoms in total. The van der Waals surface area contributed by atoms with E-state index in [-0.39, 0.29) is 10.9 Å². The Hall–Kier alpha value is -1.83. The summed E-state index contributed by atoms with van der Waals surface area (Å²) in [5.74, 6) is 1.51. The van der Waals surface area contributed by atoms with E-state index in [4.69, 9.17) is 14.3 Å². The molecule has 0 fully saturated rings. The first-order valence-corrected chi connectivity index (χ1v) is 8.42. The van der Waals surface area contributed by atoms with E-state index in [1.807, 2.05) is 19.2 Å². The highest BCUT2D eigenvalue weighted by molar-refractivity contribution is 7.89. The van der Waals surface area contributed by atoms with Gasteiger partial charge in [0.05, 0.1) is 17.2 Å². The van der Waals surface area contributed by atoms with Crippen molar-refractivity contribution in [2.24, 2.45) is 5.14 Å². The monoisotopic (exact) mass is 324 g/mol. The van der Waals surface area contributed by atoms with Crippen LogP contribution in [0.2, 0.25) is 0 Å². The van der Waals surface area contributed by atoms with Gasteiger partial charge in [0.15, 0.2) is 0 Å². The smallest absolute Gasteiger partial charge is 0.238 e. The van der Waals surface area contributed by atoms with Gasteiger partial charge in [-0.2, -0.15) is 0 Å². The average molecular weight is 324 g/mol. The molecule has 0 aliphatic heterocycles. The molecule has 2 aromatic rings. The molecule has 1 heterocycles. The quantitative estimate of drug-likeness (QED) is 0.842. The molecule has 0 saturated carbocycles. The van der Waals surface area contributed by atoms with E-state index in [0.717, 1.165) is 5.76 Å². The molecule has 1 unspecified atom stereocenters. The van der Waals surface area contributed by atoms with Gasteiger partial charge in [0.25, 0.3) is 0 Å². The second-order valence-corrected chi connectivity index (χ2v) is 6.60. The predicted molar refractivity (Wildman–Crippen MR) is 83.1 cm³/mol. The number of sulfonamides is 1. The Labute approximate surface area is 130 Å². The summed E-state index contributed by atoms with van der Waals surface area (Å²) in [5, 5.41) is 5.04. The largest absolute Gasteiger partial charge is 0.492 e. The Kier molecular flexibility index (Phi) is 5.23. The number of hydrogen-bond acceptors (Lipinski definition) is 5. The lowest BCUT2D eigenvalue weighted by Crippen LogP contribution is -2.27. The summed E-state index contributed by atoms with van der Waals surface area (Å²) in [5.41, 5.74) is 0. The van der Waals surface area contributed by atoms with E-state index in [0.29, 0.717) is 18.9 Å². The lowest BCUT2D eigenvalue weighted by atomic mass is 10.2. The van der Waals surface area contributed by atoms with E-state index in [9.17, 15) is 8.42 Å². The lowest BCUT2D eigenvalue weighted by molar-refractivity contribution is 0.185. The number of hydrogen-bond donors (Lipinski definition) is 1. The van der Waals surface area contributed by atoms with Crippen molar-refractivity contribution >= 4 is 10.0 Å². The van der Waals surface area contributed by atoms with Crippen LogP contribution in [-0.2, 0) is 10.0 Å². The molecule has 2 N–H and O–H groups in total. The van der Waals surface area contributed by atoms with Crippen LogP contribution in [0.15, 0.2) is 52.0 Å². The first-order valence-electron chi connectivity index (χ1n) is 6.87. The minimum atomic E-state index is -3.66. The maximum atomic E-state index is 11.2. The van der Waals surface area contributed by atoms with Gasteiger partial charge in [0.2, 0.25) is 10.0 Å². The van der Waals surface area contributed by atoms with E-state index in [1.54, 1.807) is 18.4 Å². The third-order valence-electron chi connectivity index (χ3n) is 3.48. The summed E-state index contributed by atoms with van der Waals surface area (Å²) >= 11 is 0. The fraction of sp³-hybridized carbons (Fsp3) is 0.333. The molecule has 0 aliphatic rings. The van der Waals surface area contributed by atoms with E-state index >= 15 is 0 Å². The third-order valence-corrected chi connectivity index (χ3v) is 4.41. The van der Waals surface area contributed by atoms with Crippen molar-refractivity contribution in [3.8, 4) is 5.75 Å². The fourth-order valence-corrected chi connectivity index (χ4v) is 2.49. The zero-order chi connectivity index (χ0) is 16.2. The van der Waals surface area contributed by atoms with E-state index in [2.05, 4.69) is 11.8 Å². The van der Waals surface area contributed by atoms with Crippen molar-refractivity contribution in [2.45, 2.75) is 17.9 Å². The molecule has 0 aliphatic carbocycles. The molecule has 120 valence electrons. The van der Waals surface area contributed by atoms with Gasteiger partial charge in [-0.1, -0.05) is 0 Å². The van der Waals surface area contributed by atoms with Crippen molar-refractivity contribution in [1.82, 2.24) is 4.90 Å². The standard InChI is InChI=1S/C15H20N2O4S/c1-12(15-4-3-10-21-15)17(2)9-11-20-13-5-7-14(8-6-13)22(16,18)19/h3-8,10,12H,9,11H2,1-2H3,(H2,16,18,19). The van der Waals surface area contributed by atoms with Crippen molar-refractivity contribution in [3.05, 3.63) is 48.4 Å². The molecule has 1 aromatic heterocycles. The number of primary sulfonamides is 1. The first-order chi connectivity index (χ1) is 10.4. The van der Waals surface area contributed by atoms with Gasteiger partial charge in [-0.3, -0.25) is 4.90 Å². The second kappa shape index (κ2) is 6.95. The van der Waals surface area contributed by atoms with Crippen molar-refractivity contribution in [2.75, 3.05) is 20.2 Å². The Morgan fingerprint density at radius 1 is 1.27 bits per heavy atom. The summed E-state index contributed by atoms with van der Waals surface area (Å²) in [7, 11) is -1.68. The van der Waals surface area contributed by atoms with E-state index in [1.165, 1.54) is 12.1 Å². The van der Waals surface area contributed by atoms with Crippen molar-refractivity contribution in [3.63, 3.8) is 0 Å². The van der Waals surface area contributed by atoms with Gasteiger partial charge in [-0.15, -0.1) is 0 Å². The van der Waals surface area contributed by atoms with Gasteiger partial charge in [-0.25, -0.2) is 13.6 Å². The summed E-state index contributed by atoms with van der Waals surface area (Å²) in [4.78, 5) is 2.18.